The van der Waals surface area contributed by atoms with Crippen molar-refractivity contribution in [3.05, 3.63) is 64.1 Å². The van der Waals surface area contributed by atoms with Crippen molar-refractivity contribution in [3.8, 4) is 5.75 Å². The second kappa shape index (κ2) is 8.80. The highest BCUT2D eigenvalue weighted by atomic mass is 35.5. The van der Waals surface area contributed by atoms with Crippen LogP contribution in [0.3, 0.4) is 0 Å². The summed E-state index contributed by atoms with van der Waals surface area (Å²) in [6.07, 6.45) is -0.583. The molecule has 0 radical (unpaired) electrons. The molecule has 1 amide bonds. The number of hydrogen-bond acceptors (Lipinski definition) is 4. The van der Waals surface area contributed by atoms with Gasteiger partial charge in [-0.25, -0.2) is 0 Å². The Balaban J connectivity index is 1.61. The van der Waals surface area contributed by atoms with Gasteiger partial charge in [-0.3, -0.25) is 14.7 Å². The topological polar surface area (TPSA) is 41.9 Å². The standard InChI is InChI=1S/C19H18Cl2N2O2S/c1-13(25-16-5-3-2-4-6-16)18(24)23-10-9-22-19(23)26-12-14-7-8-15(20)11-17(14)21/h2-8,11,13H,9-10,12H2,1H3/t13-/m1/s1. The predicted molar refractivity (Wildman–Crippen MR) is 108 cm³/mol. The van der Waals surface area contributed by atoms with E-state index in [1.807, 2.05) is 36.4 Å². The number of rotatable bonds is 5. The molecule has 0 spiro atoms. The molecule has 136 valence electrons. The molecule has 0 unspecified atom stereocenters. The van der Waals surface area contributed by atoms with Crippen LogP contribution in [0.5, 0.6) is 5.75 Å². The van der Waals surface area contributed by atoms with Crippen LogP contribution in [0.4, 0.5) is 0 Å². The van der Waals surface area contributed by atoms with Gasteiger partial charge in [0.05, 0.1) is 6.54 Å². The molecule has 1 aliphatic rings. The van der Waals surface area contributed by atoms with Gasteiger partial charge in [-0.2, -0.15) is 0 Å². The smallest absolute Gasteiger partial charge is 0.269 e. The number of thioether (sulfide) groups is 1. The Morgan fingerprint density at radius 1 is 1.27 bits per heavy atom. The normalized spacial score (nSPS) is 14.9. The van der Waals surface area contributed by atoms with Crippen LogP contribution < -0.4 is 4.74 Å². The highest BCUT2D eigenvalue weighted by Gasteiger charge is 2.29. The number of carbonyl (C=O) groups excluding carboxylic acids is 1. The summed E-state index contributed by atoms with van der Waals surface area (Å²) in [6, 6.07) is 14.7. The summed E-state index contributed by atoms with van der Waals surface area (Å²) in [5.41, 5.74) is 0.955. The van der Waals surface area contributed by atoms with E-state index in [2.05, 4.69) is 4.99 Å². The summed E-state index contributed by atoms with van der Waals surface area (Å²) in [4.78, 5) is 18.9. The average molecular weight is 409 g/mol. The van der Waals surface area contributed by atoms with Gasteiger partial charge in [0.1, 0.15) is 5.75 Å². The fourth-order valence-corrected chi connectivity index (χ4v) is 4.12. The number of hydrogen-bond donors (Lipinski definition) is 0. The number of ether oxygens (including phenoxy) is 1. The van der Waals surface area contributed by atoms with Crippen molar-refractivity contribution < 1.29 is 9.53 Å². The van der Waals surface area contributed by atoms with Gasteiger partial charge in [-0.05, 0) is 36.8 Å². The van der Waals surface area contributed by atoms with Crippen LogP contribution in [0, 0.1) is 0 Å². The van der Waals surface area contributed by atoms with E-state index < -0.39 is 6.10 Å². The van der Waals surface area contributed by atoms with Gasteiger partial charge >= 0.3 is 0 Å². The van der Waals surface area contributed by atoms with Gasteiger partial charge in [-0.15, -0.1) is 0 Å². The Bertz CT molecular complexity index is 814. The monoisotopic (exact) mass is 408 g/mol. The molecule has 0 saturated carbocycles. The summed E-state index contributed by atoms with van der Waals surface area (Å²) >= 11 is 13.6. The van der Waals surface area contributed by atoms with Crippen LogP contribution in [-0.4, -0.2) is 35.2 Å². The Morgan fingerprint density at radius 3 is 2.77 bits per heavy atom. The first-order valence-corrected chi connectivity index (χ1v) is 9.93. The molecule has 2 aromatic carbocycles. The molecule has 4 nitrogen and oxygen atoms in total. The lowest BCUT2D eigenvalue weighted by atomic mass is 10.2. The zero-order chi connectivity index (χ0) is 18.5. The first kappa shape index (κ1) is 19.1. The molecule has 2 aromatic rings. The van der Waals surface area contributed by atoms with Crippen molar-refractivity contribution in [1.29, 1.82) is 0 Å². The molecule has 1 atom stereocenters. The number of amidine groups is 1. The Morgan fingerprint density at radius 2 is 2.04 bits per heavy atom. The lowest BCUT2D eigenvalue weighted by molar-refractivity contribution is -0.133. The highest BCUT2D eigenvalue weighted by Crippen LogP contribution is 2.27. The van der Waals surface area contributed by atoms with E-state index in [4.69, 9.17) is 27.9 Å². The third kappa shape index (κ3) is 4.72. The SMILES string of the molecule is C[C@@H](Oc1ccccc1)C(=O)N1CCN=C1SCc1ccc(Cl)cc1Cl. The number of aliphatic imine (C=N–C) groups is 1. The molecule has 0 saturated heterocycles. The first-order chi connectivity index (χ1) is 12.5. The third-order valence-corrected chi connectivity index (χ3v) is 5.49. The van der Waals surface area contributed by atoms with Gasteiger partial charge in [0.25, 0.3) is 5.91 Å². The average Bonchev–Trinajstić information content (AvgIpc) is 3.09. The Labute approximate surface area is 167 Å². The maximum Gasteiger partial charge on any atom is 0.269 e. The van der Waals surface area contributed by atoms with E-state index in [0.717, 1.165) is 5.56 Å². The molecule has 7 heteroatoms. The summed E-state index contributed by atoms with van der Waals surface area (Å²) < 4.78 is 5.74. The number of nitrogens with zero attached hydrogens (tertiary/aromatic N) is 2. The lowest BCUT2D eigenvalue weighted by Crippen LogP contribution is -2.41. The van der Waals surface area contributed by atoms with E-state index in [0.29, 0.717) is 39.8 Å². The van der Waals surface area contributed by atoms with Crippen molar-refractivity contribution in [3.63, 3.8) is 0 Å². The number of benzene rings is 2. The predicted octanol–water partition coefficient (Wildman–Crippen LogP) is 4.89. The van der Waals surface area contributed by atoms with Crippen LogP contribution in [-0.2, 0) is 10.5 Å². The largest absolute Gasteiger partial charge is 0.481 e. The molecule has 0 bridgehead atoms. The van der Waals surface area contributed by atoms with Gasteiger partial charge in [0.15, 0.2) is 11.3 Å². The number of carbonyl (C=O) groups is 1. The van der Waals surface area contributed by atoms with E-state index >= 15 is 0 Å². The van der Waals surface area contributed by atoms with Crippen LogP contribution >= 0.6 is 35.0 Å². The van der Waals surface area contributed by atoms with Crippen molar-refractivity contribution >= 4 is 46.0 Å². The molecule has 0 fully saturated rings. The first-order valence-electron chi connectivity index (χ1n) is 8.19. The number of para-hydroxylation sites is 1. The molecule has 3 rings (SSSR count). The number of amides is 1. The molecule has 1 aliphatic heterocycles. The van der Waals surface area contributed by atoms with Crippen LogP contribution in [0.25, 0.3) is 0 Å². The summed E-state index contributed by atoms with van der Waals surface area (Å²) in [7, 11) is 0. The zero-order valence-electron chi connectivity index (χ0n) is 14.2. The molecule has 26 heavy (non-hydrogen) atoms. The zero-order valence-corrected chi connectivity index (χ0v) is 16.5. The minimum atomic E-state index is -0.583. The van der Waals surface area contributed by atoms with E-state index in [-0.39, 0.29) is 5.91 Å². The van der Waals surface area contributed by atoms with Gasteiger partial charge < -0.3 is 4.74 Å². The third-order valence-electron chi connectivity index (χ3n) is 3.84. The fraction of sp³-hybridized carbons (Fsp3) is 0.263. The quantitative estimate of drug-likeness (QED) is 0.706. The molecule has 0 N–H and O–H groups in total. The van der Waals surface area contributed by atoms with Gasteiger partial charge in [-0.1, -0.05) is 59.2 Å². The van der Waals surface area contributed by atoms with E-state index in [1.54, 1.807) is 24.0 Å². The molecule has 0 aliphatic carbocycles. The summed E-state index contributed by atoms with van der Waals surface area (Å²) in [5, 5.41) is 1.91. The molecule has 0 aromatic heterocycles. The van der Waals surface area contributed by atoms with Crippen LogP contribution in [0.2, 0.25) is 10.0 Å². The van der Waals surface area contributed by atoms with Crippen molar-refractivity contribution in [2.75, 3.05) is 13.1 Å². The molecular formula is C19H18Cl2N2O2S. The maximum atomic E-state index is 12.7. The van der Waals surface area contributed by atoms with E-state index in [1.165, 1.54) is 11.8 Å². The minimum absolute atomic E-state index is 0.0974. The number of halogens is 2. The van der Waals surface area contributed by atoms with Crippen molar-refractivity contribution in [2.45, 2.75) is 18.8 Å². The second-order valence-corrected chi connectivity index (χ2v) is 7.54. The lowest BCUT2D eigenvalue weighted by Gasteiger charge is -2.22. The van der Waals surface area contributed by atoms with Gasteiger partial charge in [0.2, 0.25) is 0 Å². The minimum Gasteiger partial charge on any atom is -0.481 e. The van der Waals surface area contributed by atoms with E-state index in [9.17, 15) is 4.79 Å². The highest BCUT2D eigenvalue weighted by molar-refractivity contribution is 8.13. The Hall–Kier alpha value is -1.69. The Kier molecular flexibility index (Phi) is 6.46. The molecule has 1 heterocycles. The maximum absolute atomic E-state index is 12.7. The van der Waals surface area contributed by atoms with Crippen molar-refractivity contribution in [2.24, 2.45) is 4.99 Å². The second-order valence-electron chi connectivity index (χ2n) is 5.75. The fourth-order valence-electron chi connectivity index (χ4n) is 2.51. The summed E-state index contributed by atoms with van der Waals surface area (Å²) in [5.74, 6) is 1.19. The van der Waals surface area contributed by atoms with Crippen LogP contribution in [0.1, 0.15) is 12.5 Å². The van der Waals surface area contributed by atoms with Crippen molar-refractivity contribution in [1.82, 2.24) is 4.90 Å². The van der Waals surface area contributed by atoms with Crippen LogP contribution in [0.15, 0.2) is 53.5 Å². The van der Waals surface area contributed by atoms with Gasteiger partial charge in [0, 0.05) is 22.3 Å². The summed E-state index contributed by atoms with van der Waals surface area (Å²) in [6.45, 7) is 2.92. The molecular weight excluding hydrogens is 391 g/mol.